The first kappa shape index (κ1) is 12.6. The number of hydrogen-bond acceptors (Lipinski definition) is 4. The van der Waals surface area contributed by atoms with Crippen molar-refractivity contribution in [2.24, 2.45) is 0 Å². The Balaban J connectivity index is 2.54. The predicted octanol–water partition coefficient (Wildman–Crippen LogP) is 2.06. The number of aliphatic hydroxyl groups is 1. The summed E-state index contributed by atoms with van der Waals surface area (Å²) in [7, 11) is 1.66. The van der Waals surface area contributed by atoms with E-state index >= 15 is 0 Å². The number of methoxy groups -OCH3 is 1. The number of rotatable bonds is 5. The highest BCUT2D eigenvalue weighted by Gasteiger charge is 2.10. The Morgan fingerprint density at radius 1 is 1.33 bits per heavy atom. The normalized spacial score (nSPS) is 10.6. The van der Waals surface area contributed by atoms with E-state index in [2.05, 4.69) is 16.8 Å². The lowest BCUT2D eigenvalue weighted by molar-refractivity contribution is 0.302. The van der Waals surface area contributed by atoms with Crippen LogP contribution in [-0.2, 0) is 0 Å². The number of ether oxygens (including phenoxy) is 1. The Hall–Kier alpha value is -1.81. The minimum absolute atomic E-state index is 0.121. The Labute approximate surface area is 107 Å². The van der Waals surface area contributed by atoms with Crippen molar-refractivity contribution >= 4 is 16.6 Å². The molecule has 0 saturated heterocycles. The number of nitrogens with zero attached hydrogens (tertiary/aromatic N) is 2. The molecule has 0 unspecified atom stereocenters. The number of likely N-dealkylation sites (N-methyl/N-ethyl adjacent to an activating group) is 1. The van der Waals surface area contributed by atoms with Crippen molar-refractivity contribution in [3.63, 3.8) is 0 Å². The molecule has 0 spiro atoms. The number of fused-ring (bicyclic) bond motifs is 1. The van der Waals surface area contributed by atoms with Gasteiger partial charge < -0.3 is 14.7 Å². The van der Waals surface area contributed by atoms with Crippen molar-refractivity contribution in [3.8, 4) is 5.75 Å². The third-order valence-corrected chi connectivity index (χ3v) is 3.00. The van der Waals surface area contributed by atoms with Crippen LogP contribution in [-0.4, -0.2) is 36.9 Å². The van der Waals surface area contributed by atoms with Crippen LogP contribution in [0.15, 0.2) is 30.5 Å². The second kappa shape index (κ2) is 5.69. The second-order valence-electron chi connectivity index (χ2n) is 4.02. The lowest BCUT2D eigenvalue weighted by Crippen LogP contribution is -2.27. The average Bonchev–Trinajstić information content (AvgIpc) is 2.43. The van der Waals surface area contributed by atoms with Crippen LogP contribution in [0.5, 0.6) is 5.75 Å². The summed E-state index contributed by atoms with van der Waals surface area (Å²) in [6.07, 6.45) is 1.80. The molecule has 4 heteroatoms. The number of aliphatic hydroxyl groups excluding tert-OH is 1. The summed E-state index contributed by atoms with van der Waals surface area (Å²) in [5.41, 5.74) is 0. The van der Waals surface area contributed by atoms with E-state index in [-0.39, 0.29) is 6.61 Å². The molecule has 1 aromatic heterocycles. The highest BCUT2D eigenvalue weighted by molar-refractivity contribution is 5.93. The smallest absolute Gasteiger partial charge is 0.136 e. The van der Waals surface area contributed by atoms with E-state index in [0.29, 0.717) is 6.54 Å². The van der Waals surface area contributed by atoms with Crippen molar-refractivity contribution in [2.75, 3.05) is 31.7 Å². The topological polar surface area (TPSA) is 45.6 Å². The van der Waals surface area contributed by atoms with Crippen LogP contribution in [0.25, 0.3) is 10.8 Å². The number of anilines is 1. The molecule has 2 aromatic rings. The summed E-state index contributed by atoms with van der Waals surface area (Å²) in [6, 6.07) is 7.92. The third kappa shape index (κ3) is 2.38. The SMILES string of the molecule is CCN(CCO)c1nccc2ccc(OC)cc12. The Morgan fingerprint density at radius 2 is 2.17 bits per heavy atom. The van der Waals surface area contributed by atoms with Gasteiger partial charge >= 0.3 is 0 Å². The highest BCUT2D eigenvalue weighted by Crippen LogP contribution is 2.27. The van der Waals surface area contributed by atoms with Gasteiger partial charge in [-0.2, -0.15) is 0 Å². The van der Waals surface area contributed by atoms with E-state index in [1.165, 1.54) is 0 Å². The molecule has 2 rings (SSSR count). The summed E-state index contributed by atoms with van der Waals surface area (Å²) in [5.74, 6) is 1.71. The number of aromatic nitrogens is 1. The van der Waals surface area contributed by atoms with Crippen molar-refractivity contribution in [1.82, 2.24) is 4.98 Å². The summed E-state index contributed by atoms with van der Waals surface area (Å²) < 4.78 is 5.25. The molecule has 0 amide bonds. The van der Waals surface area contributed by atoms with Gasteiger partial charge in [0, 0.05) is 24.7 Å². The lowest BCUT2D eigenvalue weighted by Gasteiger charge is -2.22. The molecule has 0 bridgehead atoms. The molecule has 0 saturated carbocycles. The van der Waals surface area contributed by atoms with E-state index in [0.717, 1.165) is 28.9 Å². The predicted molar refractivity (Wildman–Crippen MR) is 73.3 cm³/mol. The molecule has 0 atom stereocenters. The first-order valence-electron chi connectivity index (χ1n) is 6.08. The summed E-state index contributed by atoms with van der Waals surface area (Å²) in [6.45, 7) is 3.57. The van der Waals surface area contributed by atoms with Gasteiger partial charge in [-0.25, -0.2) is 4.98 Å². The molecule has 1 heterocycles. The lowest BCUT2D eigenvalue weighted by atomic mass is 10.1. The van der Waals surface area contributed by atoms with E-state index in [4.69, 9.17) is 9.84 Å². The first-order chi connectivity index (χ1) is 8.80. The molecule has 0 fully saturated rings. The van der Waals surface area contributed by atoms with Crippen LogP contribution in [0, 0.1) is 0 Å². The molecule has 1 aromatic carbocycles. The van der Waals surface area contributed by atoms with Crippen molar-refractivity contribution in [1.29, 1.82) is 0 Å². The van der Waals surface area contributed by atoms with Crippen molar-refractivity contribution in [2.45, 2.75) is 6.92 Å². The number of hydrogen-bond donors (Lipinski definition) is 1. The fourth-order valence-electron chi connectivity index (χ4n) is 2.05. The second-order valence-corrected chi connectivity index (χ2v) is 4.02. The number of pyridine rings is 1. The van der Waals surface area contributed by atoms with E-state index in [9.17, 15) is 0 Å². The molecule has 18 heavy (non-hydrogen) atoms. The van der Waals surface area contributed by atoms with Gasteiger partial charge in [0.2, 0.25) is 0 Å². The Bertz CT molecular complexity index is 528. The Morgan fingerprint density at radius 3 is 2.83 bits per heavy atom. The Kier molecular flexibility index (Phi) is 3.99. The van der Waals surface area contributed by atoms with Gasteiger partial charge in [-0.1, -0.05) is 6.07 Å². The molecule has 0 aliphatic carbocycles. The van der Waals surface area contributed by atoms with Gasteiger partial charge in [-0.05, 0) is 30.5 Å². The van der Waals surface area contributed by atoms with Crippen LogP contribution in [0.1, 0.15) is 6.92 Å². The van der Waals surface area contributed by atoms with Gasteiger partial charge in [0.1, 0.15) is 11.6 Å². The minimum Gasteiger partial charge on any atom is -0.497 e. The molecule has 0 aliphatic heterocycles. The zero-order valence-electron chi connectivity index (χ0n) is 10.8. The maximum Gasteiger partial charge on any atom is 0.136 e. The van der Waals surface area contributed by atoms with Crippen LogP contribution < -0.4 is 9.64 Å². The van der Waals surface area contributed by atoms with E-state index in [1.807, 2.05) is 24.3 Å². The first-order valence-corrected chi connectivity index (χ1v) is 6.08. The van der Waals surface area contributed by atoms with Gasteiger partial charge in [0.15, 0.2) is 0 Å². The van der Waals surface area contributed by atoms with Gasteiger partial charge in [-0.15, -0.1) is 0 Å². The molecular weight excluding hydrogens is 228 g/mol. The third-order valence-electron chi connectivity index (χ3n) is 3.00. The fraction of sp³-hybridized carbons (Fsp3) is 0.357. The van der Waals surface area contributed by atoms with Crippen LogP contribution in [0.3, 0.4) is 0 Å². The van der Waals surface area contributed by atoms with Crippen molar-refractivity contribution in [3.05, 3.63) is 30.5 Å². The molecule has 4 nitrogen and oxygen atoms in total. The largest absolute Gasteiger partial charge is 0.497 e. The van der Waals surface area contributed by atoms with Gasteiger partial charge in [0.25, 0.3) is 0 Å². The van der Waals surface area contributed by atoms with Gasteiger partial charge in [-0.3, -0.25) is 0 Å². The monoisotopic (exact) mass is 246 g/mol. The summed E-state index contributed by atoms with van der Waals surface area (Å²) >= 11 is 0. The molecule has 0 aliphatic rings. The van der Waals surface area contributed by atoms with E-state index in [1.54, 1.807) is 13.3 Å². The summed E-state index contributed by atoms with van der Waals surface area (Å²) in [5, 5.41) is 11.3. The zero-order valence-corrected chi connectivity index (χ0v) is 10.8. The standard InChI is InChI=1S/C14H18N2O2/c1-3-16(8-9-17)14-13-10-12(18-2)5-4-11(13)6-7-15-14/h4-7,10,17H,3,8-9H2,1-2H3. The van der Waals surface area contributed by atoms with Crippen LogP contribution >= 0.6 is 0 Å². The van der Waals surface area contributed by atoms with Gasteiger partial charge in [0.05, 0.1) is 13.7 Å². The molecule has 1 N–H and O–H groups in total. The fourth-order valence-corrected chi connectivity index (χ4v) is 2.05. The highest BCUT2D eigenvalue weighted by atomic mass is 16.5. The van der Waals surface area contributed by atoms with Crippen LogP contribution in [0.4, 0.5) is 5.82 Å². The van der Waals surface area contributed by atoms with E-state index < -0.39 is 0 Å². The minimum atomic E-state index is 0.121. The number of benzene rings is 1. The zero-order chi connectivity index (χ0) is 13.0. The summed E-state index contributed by atoms with van der Waals surface area (Å²) in [4.78, 5) is 6.49. The quantitative estimate of drug-likeness (QED) is 0.877. The molecular formula is C14H18N2O2. The molecule has 96 valence electrons. The maximum absolute atomic E-state index is 9.11. The maximum atomic E-state index is 9.11. The van der Waals surface area contributed by atoms with Crippen molar-refractivity contribution < 1.29 is 9.84 Å². The average molecular weight is 246 g/mol. The van der Waals surface area contributed by atoms with Crippen LogP contribution in [0.2, 0.25) is 0 Å². The molecule has 0 radical (unpaired) electrons.